The van der Waals surface area contributed by atoms with Gasteiger partial charge in [0.2, 0.25) is 0 Å². The molecule has 21 heavy (non-hydrogen) atoms. The van der Waals surface area contributed by atoms with Gasteiger partial charge in [-0.3, -0.25) is 20.7 Å². The van der Waals surface area contributed by atoms with Gasteiger partial charge in [-0.1, -0.05) is 0 Å². The van der Waals surface area contributed by atoms with E-state index in [0.29, 0.717) is 11.3 Å². The van der Waals surface area contributed by atoms with E-state index in [0.717, 1.165) is 6.07 Å². The van der Waals surface area contributed by atoms with Crippen LogP contribution in [-0.2, 0) is 10.0 Å². The first-order valence-electron chi connectivity index (χ1n) is 5.66. The SMILES string of the molecule is Cc1cc(NN)c([N+](=O)[O-])cc1S(=O)(=O)Nc1ccsc1. The molecular weight excluding hydrogens is 316 g/mol. The van der Waals surface area contributed by atoms with Crippen molar-refractivity contribution in [3.8, 4) is 0 Å². The van der Waals surface area contributed by atoms with Crippen molar-refractivity contribution in [2.75, 3.05) is 10.1 Å². The number of nitro benzene ring substituents is 1. The van der Waals surface area contributed by atoms with Crippen LogP contribution in [0.4, 0.5) is 17.1 Å². The summed E-state index contributed by atoms with van der Waals surface area (Å²) < 4.78 is 27.0. The molecule has 10 heteroatoms. The summed E-state index contributed by atoms with van der Waals surface area (Å²) in [6, 6.07) is 3.90. The topological polar surface area (TPSA) is 127 Å². The van der Waals surface area contributed by atoms with Gasteiger partial charge in [0, 0.05) is 11.4 Å². The van der Waals surface area contributed by atoms with Gasteiger partial charge < -0.3 is 5.43 Å². The van der Waals surface area contributed by atoms with Gasteiger partial charge in [0.1, 0.15) is 5.69 Å². The number of nitrogens with two attached hydrogens (primary N) is 1. The van der Waals surface area contributed by atoms with Crippen molar-refractivity contribution in [3.63, 3.8) is 0 Å². The molecule has 1 heterocycles. The summed E-state index contributed by atoms with van der Waals surface area (Å²) in [5, 5.41) is 14.3. The summed E-state index contributed by atoms with van der Waals surface area (Å²) in [7, 11) is -3.91. The number of hydrogen-bond acceptors (Lipinski definition) is 7. The number of hydrogen-bond donors (Lipinski definition) is 3. The first-order chi connectivity index (χ1) is 9.85. The average molecular weight is 328 g/mol. The number of nitrogen functional groups attached to an aromatic ring is 1. The van der Waals surface area contributed by atoms with Crippen LogP contribution >= 0.6 is 11.3 Å². The Balaban J connectivity index is 2.52. The van der Waals surface area contributed by atoms with Crippen molar-refractivity contribution in [2.45, 2.75) is 11.8 Å². The van der Waals surface area contributed by atoms with E-state index in [4.69, 9.17) is 5.84 Å². The highest BCUT2D eigenvalue weighted by Crippen LogP contribution is 2.31. The standard InChI is InChI=1S/C11H12N4O4S2/c1-7-4-9(13-12)10(15(16)17)5-11(7)21(18,19)14-8-2-3-20-6-8/h2-6,13-14H,12H2,1H3. The smallest absolute Gasteiger partial charge is 0.295 e. The maximum Gasteiger partial charge on any atom is 0.295 e. The van der Waals surface area contributed by atoms with Crippen molar-refractivity contribution >= 4 is 38.4 Å². The van der Waals surface area contributed by atoms with Crippen molar-refractivity contribution in [1.29, 1.82) is 0 Å². The van der Waals surface area contributed by atoms with E-state index < -0.39 is 20.6 Å². The van der Waals surface area contributed by atoms with Crippen LogP contribution in [0.5, 0.6) is 0 Å². The van der Waals surface area contributed by atoms with Gasteiger partial charge in [0.25, 0.3) is 15.7 Å². The quantitative estimate of drug-likeness (QED) is 0.438. The minimum Gasteiger partial charge on any atom is -0.318 e. The van der Waals surface area contributed by atoms with Crippen LogP contribution < -0.4 is 16.0 Å². The molecule has 0 saturated carbocycles. The molecule has 0 fully saturated rings. The van der Waals surface area contributed by atoms with Gasteiger partial charge >= 0.3 is 0 Å². The molecule has 0 aliphatic heterocycles. The minimum absolute atomic E-state index is 0.0481. The predicted octanol–water partition coefficient (Wildman–Crippen LogP) is 2.05. The lowest BCUT2D eigenvalue weighted by Crippen LogP contribution is -2.16. The first kappa shape index (κ1) is 15.2. The van der Waals surface area contributed by atoms with Gasteiger partial charge in [-0.15, -0.1) is 0 Å². The summed E-state index contributed by atoms with van der Waals surface area (Å²) >= 11 is 1.33. The van der Waals surface area contributed by atoms with Crippen LogP contribution in [0.2, 0.25) is 0 Å². The van der Waals surface area contributed by atoms with Crippen molar-refractivity contribution in [1.82, 2.24) is 0 Å². The molecule has 2 rings (SSSR count). The lowest BCUT2D eigenvalue weighted by atomic mass is 10.2. The van der Waals surface area contributed by atoms with Gasteiger partial charge in [0.15, 0.2) is 0 Å². The van der Waals surface area contributed by atoms with Gasteiger partial charge in [-0.05, 0) is 30.0 Å². The maximum absolute atomic E-state index is 12.3. The summed E-state index contributed by atoms with van der Waals surface area (Å²) in [6.07, 6.45) is 0. The van der Waals surface area contributed by atoms with Gasteiger partial charge in [-0.2, -0.15) is 11.3 Å². The molecule has 0 radical (unpaired) electrons. The van der Waals surface area contributed by atoms with E-state index in [1.54, 1.807) is 16.8 Å². The predicted molar refractivity (Wildman–Crippen MR) is 80.8 cm³/mol. The van der Waals surface area contributed by atoms with E-state index in [9.17, 15) is 18.5 Å². The van der Waals surface area contributed by atoms with Crippen molar-refractivity contribution < 1.29 is 13.3 Å². The number of benzene rings is 1. The summed E-state index contributed by atoms with van der Waals surface area (Å²) in [4.78, 5) is 10.1. The maximum atomic E-state index is 12.3. The zero-order valence-corrected chi connectivity index (χ0v) is 12.5. The second-order valence-corrected chi connectivity index (χ2v) is 6.58. The van der Waals surface area contributed by atoms with E-state index in [1.165, 1.54) is 24.3 Å². The normalized spacial score (nSPS) is 11.1. The Labute approximate surface area is 124 Å². The third kappa shape index (κ3) is 3.12. The third-order valence-electron chi connectivity index (χ3n) is 2.71. The number of nitrogens with one attached hydrogen (secondary N) is 2. The number of nitrogens with zero attached hydrogens (tertiary/aromatic N) is 1. The lowest BCUT2D eigenvalue weighted by Gasteiger charge is -2.11. The number of thiophene rings is 1. The molecule has 8 nitrogen and oxygen atoms in total. The van der Waals surface area contributed by atoms with Gasteiger partial charge in [-0.25, -0.2) is 8.42 Å². The number of anilines is 2. The fourth-order valence-corrected chi connectivity index (χ4v) is 3.73. The number of nitro groups is 1. The van der Waals surface area contributed by atoms with Gasteiger partial charge in [0.05, 0.1) is 15.5 Å². The van der Waals surface area contributed by atoms with Crippen LogP contribution in [0, 0.1) is 17.0 Å². The second-order valence-electron chi connectivity index (χ2n) is 4.15. The molecule has 0 atom stereocenters. The van der Waals surface area contributed by atoms with E-state index in [-0.39, 0.29) is 10.6 Å². The molecule has 2 aromatic rings. The third-order valence-corrected chi connectivity index (χ3v) is 4.91. The average Bonchev–Trinajstić information content (AvgIpc) is 2.89. The highest BCUT2D eigenvalue weighted by Gasteiger charge is 2.24. The van der Waals surface area contributed by atoms with E-state index >= 15 is 0 Å². The molecule has 112 valence electrons. The molecule has 0 saturated heterocycles. The fraction of sp³-hybridized carbons (Fsp3) is 0.0909. The second kappa shape index (κ2) is 5.68. The highest BCUT2D eigenvalue weighted by atomic mass is 32.2. The Bertz CT molecular complexity index is 772. The molecular formula is C11H12N4O4S2. The number of sulfonamides is 1. The molecule has 0 bridgehead atoms. The Morgan fingerprint density at radius 2 is 2.10 bits per heavy atom. The van der Waals surface area contributed by atoms with Crippen molar-refractivity contribution in [3.05, 3.63) is 44.6 Å². The van der Waals surface area contributed by atoms with E-state index in [1.807, 2.05) is 0 Å². The fourth-order valence-electron chi connectivity index (χ4n) is 1.77. The minimum atomic E-state index is -3.91. The van der Waals surface area contributed by atoms with E-state index in [2.05, 4.69) is 10.1 Å². The number of rotatable bonds is 5. The summed E-state index contributed by atoms with van der Waals surface area (Å²) in [5.41, 5.74) is 2.58. The summed E-state index contributed by atoms with van der Waals surface area (Å²) in [6.45, 7) is 1.53. The number of hydrazine groups is 1. The molecule has 1 aromatic carbocycles. The summed E-state index contributed by atoms with van der Waals surface area (Å²) in [5.74, 6) is 5.21. The molecule has 0 aliphatic rings. The number of aryl methyl sites for hydroxylation is 1. The highest BCUT2D eigenvalue weighted by molar-refractivity contribution is 7.92. The van der Waals surface area contributed by atoms with Crippen LogP contribution in [0.25, 0.3) is 0 Å². The Morgan fingerprint density at radius 3 is 2.62 bits per heavy atom. The lowest BCUT2D eigenvalue weighted by molar-refractivity contribution is -0.384. The molecule has 1 aromatic heterocycles. The largest absolute Gasteiger partial charge is 0.318 e. The monoisotopic (exact) mass is 328 g/mol. The Morgan fingerprint density at radius 1 is 1.38 bits per heavy atom. The first-order valence-corrected chi connectivity index (χ1v) is 8.08. The van der Waals surface area contributed by atoms with Crippen LogP contribution in [0.1, 0.15) is 5.56 Å². The molecule has 0 spiro atoms. The van der Waals surface area contributed by atoms with Crippen LogP contribution in [-0.4, -0.2) is 13.3 Å². The Hall–Kier alpha value is -2.17. The zero-order chi connectivity index (χ0) is 15.6. The van der Waals surface area contributed by atoms with Crippen molar-refractivity contribution in [2.24, 2.45) is 5.84 Å². The zero-order valence-electron chi connectivity index (χ0n) is 10.9. The van der Waals surface area contributed by atoms with Crippen LogP contribution in [0.15, 0.2) is 33.9 Å². The molecule has 0 unspecified atom stereocenters. The molecule has 0 aliphatic carbocycles. The Kier molecular flexibility index (Phi) is 4.11. The molecule has 4 N–H and O–H groups in total. The molecule has 0 amide bonds. The van der Waals surface area contributed by atoms with Crippen LogP contribution in [0.3, 0.4) is 0 Å².